The van der Waals surface area contributed by atoms with Gasteiger partial charge in [-0.2, -0.15) is 13.5 Å². The Morgan fingerprint density at radius 3 is 2.69 bits per heavy atom. The fraction of sp³-hybridized carbons (Fsp3) is 0.143. The number of methoxy groups -OCH3 is 2. The van der Waals surface area contributed by atoms with Gasteiger partial charge in [0.2, 0.25) is 0 Å². The molecule has 2 rings (SSSR count). The highest BCUT2D eigenvalue weighted by molar-refractivity contribution is 8.18. The molecule has 0 unspecified atom stereocenters. The van der Waals surface area contributed by atoms with E-state index in [4.69, 9.17) is 4.74 Å². The van der Waals surface area contributed by atoms with Crippen LogP contribution in [0.15, 0.2) is 44.3 Å². The Labute approximate surface area is 152 Å². The molecule has 26 heavy (non-hydrogen) atoms. The van der Waals surface area contributed by atoms with Gasteiger partial charge in [-0.1, -0.05) is 0 Å². The summed E-state index contributed by atoms with van der Waals surface area (Å²) < 4.78 is 41.2. The van der Waals surface area contributed by atoms with Crippen molar-refractivity contribution >= 4 is 45.1 Å². The van der Waals surface area contributed by atoms with Crippen LogP contribution in [-0.2, 0) is 24.4 Å². The molecule has 1 aliphatic rings. The van der Waals surface area contributed by atoms with Crippen LogP contribution in [0.2, 0.25) is 0 Å². The van der Waals surface area contributed by atoms with E-state index in [2.05, 4.69) is 20.3 Å². The van der Waals surface area contributed by atoms with Gasteiger partial charge >= 0.3 is 5.97 Å². The zero-order valence-electron chi connectivity index (χ0n) is 13.5. The molecular formula is C14H13N3O7S2. The van der Waals surface area contributed by atoms with Crippen molar-refractivity contribution in [2.24, 2.45) is 10.2 Å². The molecule has 1 heterocycles. The van der Waals surface area contributed by atoms with E-state index in [1.54, 1.807) is 0 Å². The summed E-state index contributed by atoms with van der Waals surface area (Å²) in [6, 6.07) is 4.00. The van der Waals surface area contributed by atoms with Crippen molar-refractivity contribution in [1.29, 1.82) is 0 Å². The second-order valence-corrected chi connectivity index (χ2v) is 7.04. The maximum Gasteiger partial charge on any atom is 0.331 e. The van der Waals surface area contributed by atoms with Gasteiger partial charge in [0.1, 0.15) is 10.6 Å². The fourth-order valence-corrected chi connectivity index (χ4v) is 3.19. The number of nitrogens with one attached hydrogen (secondary N) is 1. The van der Waals surface area contributed by atoms with E-state index >= 15 is 0 Å². The minimum Gasteiger partial charge on any atom is -0.495 e. The van der Waals surface area contributed by atoms with Gasteiger partial charge in [0.05, 0.1) is 25.3 Å². The number of hydrogen-bond acceptors (Lipinski definition) is 9. The Balaban J connectivity index is 2.19. The molecule has 1 aliphatic heterocycles. The third kappa shape index (κ3) is 4.91. The number of carbonyl (C=O) groups is 2. The van der Waals surface area contributed by atoms with Gasteiger partial charge in [0, 0.05) is 6.08 Å². The first kappa shape index (κ1) is 19.6. The fourth-order valence-electron chi connectivity index (χ4n) is 1.76. The maximum atomic E-state index is 11.6. The largest absolute Gasteiger partial charge is 0.495 e. The molecule has 12 heteroatoms. The minimum atomic E-state index is -4.47. The van der Waals surface area contributed by atoms with E-state index in [1.807, 2.05) is 0 Å². The Morgan fingerprint density at radius 2 is 2.08 bits per heavy atom. The first-order valence-electron chi connectivity index (χ1n) is 6.80. The molecule has 2 N–H and O–H groups in total. The Kier molecular flexibility index (Phi) is 6.13. The lowest BCUT2D eigenvalue weighted by Crippen LogP contribution is -2.19. The number of nitrogens with zero attached hydrogens (tertiary/aromatic N) is 2. The van der Waals surface area contributed by atoms with Gasteiger partial charge in [-0.25, -0.2) is 4.79 Å². The SMILES string of the molecule is COC(=O)/C=C1/S/C(=N\N=Cc2ccc(OC)c(S(=O)(=O)O)c2)NC1=O. The van der Waals surface area contributed by atoms with Gasteiger partial charge in [0.15, 0.2) is 5.17 Å². The molecule has 0 aromatic heterocycles. The van der Waals surface area contributed by atoms with Crippen LogP contribution in [0, 0.1) is 0 Å². The summed E-state index contributed by atoms with van der Waals surface area (Å²) in [5.41, 5.74) is 0.322. The van der Waals surface area contributed by atoms with Gasteiger partial charge in [0.25, 0.3) is 16.0 Å². The molecule has 1 amide bonds. The lowest BCUT2D eigenvalue weighted by molar-refractivity contribution is -0.135. The molecule has 0 saturated carbocycles. The van der Waals surface area contributed by atoms with Crippen molar-refractivity contribution in [3.05, 3.63) is 34.7 Å². The van der Waals surface area contributed by atoms with Gasteiger partial charge in [-0.15, -0.1) is 5.10 Å². The average Bonchev–Trinajstić information content (AvgIpc) is 2.93. The quantitative estimate of drug-likeness (QED) is 0.240. The maximum absolute atomic E-state index is 11.6. The van der Waals surface area contributed by atoms with Crippen LogP contribution in [0.1, 0.15) is 5.56 Å². The molecule has 138 valence electrons. The van der Waals surface area contributed by atoms with Crippen molar-refractivity contribution in [3.63, 3.8) is 0 Å². The monoisotopic (exact) mass is 399 g/mol. The summed E-state index contributed by atoms with van der Waals surface area (Å²) >= 11 is 0.891. The third-order valence-electron chi connectivity index (χ3n) is 2.92. The normalized spacial score (nSPS) is 17.7. The number of esters is 1. The minimum absolute atomic E-state index is 0.0211. The van der Waals surface area contributed by atoms with Gasteiger partial charge in [-0.05, 0) is 35.5 Å². The lowest BCUT2D eigenvalue weighted by Gasteiger charge is -2.06. The van der Waals surface area contributed by atoms with Crippen LogP contribution < -0.4 is 10.1 Å². The Morgan fingerprint density at radius 1 is 1.35 bits per heavy atom. The molecule has 1 aromatic rings. The molecule has 0 aliphatic carbocycles. The second kappa shape index (κ2) is 8.12. The average molecular weight is 399 g/mol. The molecule has 1 saturated heterocycles. The predicted molar refractivity (Wildman–Crippen MR) is 93.7 cm³/mol. The van der Waals surface area contributed by atoms with Crippen molar-refractivity contribution in [3.8, 4) is 5.75 Å². The van der Waals surface area contributed by atoms with E-state index in [-0.39, 0.29) is 15.8 Å². The number of thioether (sulfide) groups is 1. The number of amides is 1. The zero-order valence-corrected chi connectivity index (χ0v) is 15.1. The topological polar surface area (TPSA) is 144 Å². The van der Waals surface area contributed by atoms with E-state index in [0.717, 1.165) is 23.9 Å². The zero-order chi connectivity index (χ0) is 19.3. The Hall–Kier alpha value is -2.70. The third-order valence-corrected chi connectivity index (χ3v) is 4.70. The molecular weight excluding hydrogens is 386 g/mol. The van der Waals surface area contributed by atoms with Gasteiger partial charge in [-0.3, -0.25) is 14.7 Å². The van der Waals surface area contributed by atoms with Crippen LogP contribution in [-0.4, -0.2) is 50.4 Å². The standard InChI is InChI=1S/C14H13N3O7S2/c1-23-9-4-3-8(5-11(9)26(20,21)22)7-15-17-14-16-13(19)10(25-14)6-12(18)24-2/h3-7H,1-2H3,(H,16,17,19)(H,20,21,22)/b10-6+,15-7?. The first-order chi connectivity index (χ1) is 12.2. The lowest BCUT2D eigenvalue weighted by atomic mass is 10.2. The number of benzene rings is 1. The highest BCUT2D eigenvalue weighted by Crippen LogP contribution is 2.25. The van der Waals surface area contributed by atoms with Crippen molar-refractivity contribution in [1.82, 2.24) is 5.32 Å². The first-order valence-corrected chi connectivity index (χ1v) is 9.05. The van der Waals surface area contributed by atoms with Crippen molar-refractivity contribution < 1.29 is 32.0 Å². The number of carbonyl (C=O) groups excluding carboxylic acids is 2. The van der Waals surface area contributed by atoms with Gasteiger partial charge < -0.3 is 9.47 Å². The van der Waals surface area contributed by atoms with E-state index < -0.39 is 26.9 Å². The number of amidine groups is 1. The summed E-state index contributed by atoms with van der Waals surface area (Å²) in [6.45, 7) is 0. The number of ether oxygens (including phenoxy) is 2. The van der Waals surface area contributed by atoms with Crippen molar-refractivity contribution in [2.45, 2.75) is 4.90 Å². The predicted octanol–water partition coefficient (Wildman–Crippen LogP) is 0.552. The van der Waals surface area contributed by atoms with Crippen LogP contribution in [0.4, 0.5) is 0 Å². The Bertz CT molecular complexity index is 936. The van der Waals surface area contributed by atoms with Crippen LogP contribution in [0.3, 0.4) is 0 Å². The van der Waals surface area contributed by atoms with Crippen molar-refractivity contribution in [2.75, 3.05) is 14.2 Å². The number of rotatable bonds is 5. The highest BCUT2D eigenvalue weighted by atomic mass is 32.2. The van der Waals surface area contributed by atoms with Crippen LogP contribution in [0.25, 0.3) is 0 Å². The smallest absolute Gasteiger partial charge is 0.331 e. The molecule has 1 fully saturated rings. The van der Waals surface area contributed by atoms with E-state index in [9.17, 15) is 22.6 Å². The van der Waals surface area contributed by atoms with Crippen LogP contribution >= 0.6 is 11.8 Å². The summed E-state index contributed by atoms with van der Waals surface area (Å²) in [7, 11) is -2.02. The summed E-state index contributed by atoms with van der Waals surface area (Å²) in [5, 5.41) is 10.0. The molecule has 0 radical (unpaired) electrons. The van der Waals surface area contributed by atoms with Crippen LogP contribution in [0.5, 0.6) is 5.75 Å². The van der Waals surface area contributed by atoms with E-state index in [0.29, 0.717) is 5.56 Å². The summed E-state index contributed by atoms with van der Waals surface area (Å²) in [4.78, 5) is 22.5. The highest BCUT2D eigenvalue weighted by Gasteiger charge is 2.25. The molecule has 0 atom stereocenters. The summed E-state index contributed by atoms with van der Waals surface area (Å²) in [5.74, 6) is -1.22. The molecule has 10 nitrogen and oxygen atoms in total. The molecule has 0 spiro atoms. The number of hydrogen-bond donors (Lipinski definition) is 2. The molecule has 1 aromatic carbocycles. The second-order valence-electron chi connectivity index (χ2n) is 4.62. The van der Waals surface area contributed by atoms with E-state index in [1.165, 1.54) is 32.6 Å². The summed E-state index contributed by atoms with van der Waals surface area (Å²) in [6.07, 6.45) is 2.24. The molecule has 0 bridgehead atoms.